The van der Waals surface area contributed by atoms with Crippen LogP contribution in [0.25, 0.3) is 10.6 Å². The number of hydrogen-bond acceptors (Lipinski definition) is 7. The summed E-state index contributed by atoms with van der Waals surface area (Å²) in [6, 6.07) is 16.1. The van der Waals surface area contributed by atoms with Crippen molar-refractivity contribution in [3.63, 3.8) is 0 Å². The van der Waals surface area contributed by atoms with Crippen LogP contribution < -0.4 is 5.32 Å². The molecule has 1 fully saturated rings. The van der Waals surface area contributed by atoms with Crippen molar-refractivity contribution in [2.45, 2.75) is 13.0 Å². The van der Waals surface area contributed by atoms with E-state index in [-0.39, 0.29) is 11.6 Å². The molecule has 1 N–H and O–H groups in total. The summed E-state index contributed by atoms with van der Waals surface area (Å²) in [5.74, 6) is -0.0859. The molecule has 9 heteroatoms. The number of amides is 1. The number of non-ortho nitro benzene ring substituents is 1. The molecule has 1 saturated heterocycles. The number of aromatic nitrogens is 1. The standard InChI is InChI=1S/C23H25N5O3S/c29-22(24-19-6-8-21(9-7-19)28(30)31)10-11-26-12-14-27(15-13-26)16-20-17-32-23(25-20)18-4-2-1-3-5-18/h1-9,17H,10-16H2,(H,24,29). The number of nitro groups is 1. The second kappa shape index (κ2) is 10.4. The first-order chi connectivity index (χ1) is 15.6. The second-order valence-electron chi connectivity index (χ2n) is 7.73. The van der Waals surface area contributed by atoms with E-state index in [1.54, 1.807) is 23.5 Å². The van der Waals surface area contributed by atoms with Crippen molar-refractivity contribution in [2.75, 3.05) is 38.0 Å². The number of anilines is 1. The highest BCUT2D eigenvalue weighted by Gasteiger charge is 2.19. The SMILES string of the molecule is O=C(CCN1CCN(Cc2csc(-c3ccccc3)n2)CC1)Nc1ccc([N+](=O)[O-])cc1. The summed E-state index contributed by atoms with van der Waals surface area (Å²) in [5.41, 5.74) is 2.84. The Balaban J connectivity index is 1.18. The lowest BCUT2D eigenvalue weighted by Crippen LogP contribution is -2.46. The molecule has 0 spiro atoms. The zero-order valence-corrected chi connectivity index (χ0v) is 18.5. The van der Waals surface area contributed by atoms with Crippen LogP contribution in [-0.4, -0.2) is 58.3 Å². The minimum Gasteiger partial charge on any atom is -0.326 e. The highest BCUT2D eigenvalue weighted by molar-refractivity contribution is 7.13. The molecule has 0 aliphatic carbocycles. The van der Waals surface area contributed by atoms with E-state index in [0.717, 1.165) is 49.0 Å². The maximum atomic E-state index is 12.2. The van der Waals surface area contributed by atoms with E-state index in [4.69, 9.17) is 4.98 Å². The molecule has 1 aliphatic heterocycles. The van der Waals surface area contributed by atoms with Gasteiger partial charge in [-0.2, -0.15) is 0 Å². The number of piperazine rings is 1. The lowest BCUT2D eigenvalue weighted by molar-refractivity contribution is -0.384. The molecular formula is C23H25N5O3S. The molecule has 0 atom stereocenters. The predicted octanol–water partition coefficient (Wildman–Crippen LogP) is 3.86. The van der Waals surface area contributed by atoms with E-state index in [1.807, 2.05) is 18.2 Å². The molecular weight excluding hydrogens is 426 g/mol. The van der Waals surface area contributed by atoms with Crippen LogP contribution in [-0.2, 0) is 11.3 Å². The van der Waals surface area contributed by atoms with Crippen LogP contribution in [0.2, 0.25) is 0 Å². The Morgan fingerprint density at radius 2 is 1.72 bits per heavy atom. The van der Waals surface area contributed by atoms with Crippen molar-refractivity contribution in [1.29, 1.82) is 0 Å². The van der Waals surface area contributed by atoms with Crippen LogP contribution in [0.15, 0.2) is 60.0 Å². The third-order valence-corrected chi connectivity index (χ3v) is 6.38. The van der Waals surface area contributed by atoms with Gasteiger partial charge in [0.15, 0.2) is 0 Å². The Bertz CT molecular complexity index is 1050. The highest BCUT2D eigenvalue weighted by Crippen LogP contribution is 2.24. The van der Waals surface area contributed by atoms with Gasteiger partial charge in [0, 0.05) is 74.5 Å². The number of thiazole rings is 1. The lowest BCUT2D eigenvalue weighted by Gasteiger charge is -2.34. The normalized spacial score (nSPS) is 14.9. The van der Waals surface area contributed by atoms with E-state index < -0.39 is 4.92 Å². The van der Waals surface area contributed by atoms with Gasteiger partial charge in [0.1, 0.15) is 5.01 Å². The number of benzene rings is 2. The van der Waals surface area contributed by atoms with Gasteiger partial charge in [-0.05, 0) is 12.1 Å². The number of hydrogen-bond donors (Lipinski definition) is 1. The Morgan fingerprint density at radius 1 is 1.03 bits per heavy atom. The Morgan fingerprint density at radius 3 is 2.41 bits per heavy atom. The minimum atomic E-state index is -0.456. The molecule has 32 heavy (non-hydrogen) atoms. The van der Waals surface area contributed by atoms with Crippen molar-refractivity contribution >= 4 is 28.6 Å². The topological polar surface area (TPSA) is 91.6 Å². The van der Waals surface area contributed by atoms with Crippen molar-refractivity contribution in [3.8, 4) is 10.6 Å². The number of nitrogens with zero attached hydrogens (tertiary/aromatic N) is 4. The van der Waals surface area contributed by atoms with E-state index in [0.29, 0.717) is 18.7 Å². The van der Waals surface area contributed by atoms with Gasteiger partial charge in [-0.1, -0.05) is 30.3 Å². The summed E-state index contributed by atoms with van der Waals surface area (Å²) in [6.45, 7) is 5.27. The smallest absolute Gasteiger partial charge is 0.269 e. The average molecular weight is 452 g/mol. The molecule has 3 aromatic rings. The third kappa shape index (κ3) is 5.97. The zero-order valence-electron chi connectivity index (χ0n) is 17.6. The Kier molecular flexibility index (Phi) is 7.21. The maximum Gasteiger partial charge on any atom is 0.269 e. The molecule has 2 aromatic carbocycles. The van der Waals surface area contributed by atoms with Gasteiger partial charge >= 0.3 is 0 Å². The van der Waals surface area contributed by atoms with Crippen LogP contribution in [0.3, 0.4) is 0 Å². The Labute approximate surface area is 190 Å². The summed E-state index contributed by atoms with van der Waals surface area (Å²) >= 11 is 1.68. The second-order valence-corrected chi connectivity index (χ2v) is 8.59. The van der Waals surface area contributed by atoms with Gasteiger partial charge in [0.25, 0.3) is 5.69 Å². The molecule has 0 radical (unpaired) electrons. The van der Waals surface area contributed by atoms with E-state index in [1.165, 1.54) is 12.1 Å². The van der Waals surface area contributed by atoms with Gasteiger partial charge in [-0.15, -0.1) is 11.3 Å². The maximum absolute atomic E-state index is 12.2. The fourth-order valence-electron chi connectivity index (χ4n) is 3.64. The molecule has 1 aliphatic rings. The summed E-state index contributed by atoms with van der Waals surface area (Å²) < 4.78 is 0. The van der Waals surface area contributed by atoms with E-state index >= 15 is 0 Å². The zero-order chi connectivity index (χ0) is 22.3. The average Bonchev–Trinajstić information content (AvgIpc) is 3.28. The van der Waals surface area contributed by atoms with Crippen LogP contribution >= 0.6 is 11.3 Å². The number of nitrogens with one attached hydrogen (secondary N) is 1. The summed E-state index contributed by atoms with van der Waals surface area (Å²) in [4.78, 5) is 31.9. The molecule has 2 heterocycles. The van der Waals surface area contributed by atoms with Crippen LogP contribution in [0, 0.1) is 10.1 Å². The van der Waals surface area contributed by atoms with Gasteiger partial charge < -0.3 is 10.2 Å². The van der Waals surface area contributed by atoms with Gasteiger partial charge in [-0.25, -0.2) is 4.98 Å². The fraction of sp³-hybridized carbons (Fsp3) is 0.304. The largest absolute Gasteiger partial charge is 0.326 e. The molecule has 0 bridgehead atoms. The summed E-state index contributed by atoms with van der Waals surface area (Å²) in [7, 11) is 0. The minimum absolute atomic E-state index is 0.00908. The molecule has 1 aromatic heterocycles. The molecule has 0 saturated carbocycles. The van der Waals surface area contributed by atoms with Gasteiger partial charge in [-0.3, -0.25) is 19.8 Å². The summed E-state index contributed by atoms with van der Waals surface area (Å²) in [6.07, 6.45) is 0.392. The first-order valence-electron chi connectivity index (χ1n) is 10.6. The first kappa shape index (κ1) is 22.1. The van der Waals surface area contributed by atoms with Gasteiger partial charge in [0.2, 0.25) is 5.91 Å². The van der Waals surface area contributed by atoms with Crippen LogP contribution in [0.1, 0.15) is 12.1 Å². The molecule has 0 unspecified atom stereocenters. The van der Waals surface area contributed by atoms with Crippen molar-refractivity contribution in [1.82, 2.24) is 14.8 Å². The van der Waals surface area contributed by atoms with Crippen molar-refractivity contribution in [2.24, 2.45) is 0 Å². The van der Waals surface area contributed by atoms with E-state index in [2.05, 4.69) is 32.6 Å². The van der Waals surface area contributed by atoms with Gasteiger partial charge in [0.05, 0.1) is 10.6 Å². The lowest BCUT2D eigenvalue weighted by atomic mass is 10.2. The molecule has 4 rings (SSSR count). The highest BCUT2D eigenvalue weighted by atomic mass is 32.1. The number of carbonyl (C=O) groups is 1. The predicted molar refractivity (Wildman–Crippen MR) is 126 cm³/mol. The molecule has 1 amide bonds. The third-order valence-electron chi connectivity index (χ3n) is 5.44. The molecule has 8 nitrogen and oxygen atoms in total. The number of rotatable bonds is 8. The quantitative estimate of drug-likeness (QED) is 0.413. The fourth-order valence-corrected chi connectivity index (χ4v) is 4.46. The van der Waals surface area contributed by atoms with E-state index in [9.17, 15) is 14.9 Å². The molecule has 166 valence electrons. The number of nitro benzene ring substituents is 1. The van der Waals surface area contributed by atoms with Crippen molar-refractivity contribution < 1.29 is 9.72 Å². The number of carbonyl (C=O) groups excluding carboxylic acids is 1. The van der Waals surface area contributed by atoms with Crippen LogP contribution in [0.4, 0.5) is 11.4 Å². The van der Waals surface area contributed by atoms with Crippen molar-refractivity contribution in [3.05, 3.63) is 75.8 Å². The Hall–Kier alpha value is -3.14. The van der Waals surface area contributed by atoms with Crippen LogP contribution in [0.5, 0.6) is 0 Å². The first-order valence-corrected chi connectivity index (χ1v) is 11.4. The monoisotopic (exact) mass is 451 g/mol. The summed E-state index contributed by atoms with van der Waals surface area (Å²) in [5, 5.41) is 16.7.